The zero-order chi connectivity index (χ0) is 14.7. The Morgan fingerprint density at radius 3 is 2.85 bits per heavy atom. The molecule has 1 heterocycles. The first-order valence-electron chi connectivity index (χ1n) is 6.09. The van der Waals surface area contributed by atoms with Gasteiger partial charge in [0.25, 0.3) is 5.52 Å². The van der Waals surface area contributed by atoms with Gasteiger partial charge in [0.15, 0.2) is 0 Å². The summed E-state index contributed by atoms with van der Waals surface area (Å²) in [6.45, 7) is 2.04. The van der Waals surface area contributed by atoms with Gasteiger partial charge in [-0.1, -0.05) is 12.1 Å². The van der Waals surface area contributed by atoms with E-state index in [1.54, 1.807) is 12.1 Å². The van der Waals surface area contributed by atoms with E-state index < -0.39 is 5.91 Å². The Kier molecular flexibility index (Phi) is 3.99. The quantitative estimate of drug-likeness (QED) is 0.654. The normalized spacial score (nSPS) is 10.7. The van der Waals surface area contributed by atoms with Crippen LogP contribution in [0.2, 0.25) is 0 Å². The molecule has 1 N–H and O–H groups in total. The number of hydrogen-bond acceptors (Lipinski definition) is 4. The van der Waals surface area contributed by atoms with Gasteiger partial charge >= 0.3 is 11.6 Å². The minimum Gasteiger partial charge on any atom is -0.805 e. The molecule has 1 amide bonds. The highest BCUT2D eigenvalue weighted by atomic mass is 16.5. The molecule has 7 heteroatoms. The van der Waals surface area contributed by atoms with Crippen molar-refractivity contribution in [2.24, 2.45) is 0 Å². The lowest BCUT2D eigenvalue weighted by Gasteiger charge is -2.16. The summed E-state index contributed by atoms with van der Waals surface area (Å²) < 4.78 is 5.90. The molecule has 0 aliphatic rings. The highest BCUT2D eigenvalue weighted by Gasteiger charge is 2.26. The van der Waals surface area contributed by atoms with Gasteiger partial charge in [0.05, 0.1) is 16.7 Å². The van der Waals surface area contributed by atoms with Crippen LogP contribution in [0.15, 0.2) is 24.3 Å². The van der Waals surface area contributed by atoms with Crippen molar-refractivity contribution >= 4 is 16.9 Å². The largest absolute Gasteiger partial charge is 0.805 e. The summed E-state index contributed by atoms with van der Waals surface area (Å²) in [5.74, 6) is -0.593. The first kappa shape index (κ1) is 14.0. The zero-order valence-electron chi connectivity index (χ0n) is 11.3. The van der Waals surface area contributed by atoms with E-state index in [1.807, 2.05) is 0 Å². The van der Waals surface area contributed by atoms with Crippen LogP contribution in [0.5, 0.6) is 0 Å². The van der Waals surface area contributed by atoms with E-state index in [2.05, 4.69) is 5.32 Å². The standard InChI is InChI=1S/C13H15N3O4/c1-9-12(13(17)14-7-8-20-2)16(19)11-6-4-3-5-10(11)15(9)18/h3-6H,7-8H2,1-2H3,(H,14,17). The highest BCUT2D eigenvalue weighted by Crippen LogP contribution is 2.13. The Morgan fingerprint density at radius 1 is 1.45 bits per heavy atom. The zero-order valence-corrected chi connectivity index (χ0v) is 11.3. The average Bonchev–Trinajstić information content (AvgIpc) is 2.45. The minimum absolute atomic E-state index is 0.0635. The Balaban J connectivity index is 2.54. The molecule has 0 aliphatic carbocycles. The summed E-state index contributed by atoms with van der Waals surface area (Å²) in [6, 6.07) is 6.34. The average molecular weight is 277 g/mol. The van der Waals surface area contributed by atoms with Crippen molar-refractivity contribution in [3.63, 3.8) is 0 Å². The molecule has 0 bridgehead atoms. The number of carbonyl (C=O) groups excluding carboxylic acids is 1. The lowest BCUT2D eigenvalue weighted by atomic mass is 10.2. The van der Waals surface area contributed by atoms with E-state index in [0.717, 1.165) is 0 Å². The second-order valence-corrected chi connectivity index (χ2v) is 4.26. The predicted octanol–water partition coefficient (Wildman–Crippen LogP) is 0.586. The molecular weight excluding hydrogens is 262 g/mol. The fourth-order valence-electron chi connectivity index (χ4n) is 1.96. The van der Waals surface area contributed by atoms with Crippen molar-refractivity contribution in [2.45, 2.75) is 6.92 Å². The van der Waals surface area contributed by atoms with E-state index in [9.17, 15) is 14.9 Å². The molecule has 7 nitrogen and oxygen atoms in total. The summed E-state index contributed by atoms with van der Waals surface area (Å²) in [5.41, 5.74) is 0.252. The third-order valence-corrected chi connectivity index (χ3v) is 2.98. The van der Waals surface area contributed by atoms with Gasteiger partial charge in [-0.25, -0.2) is 0 Å². The number of nitrogens with one attached hydrogen (secondary N) is 1. The van der Waals surface area contributed by atoms with Crippen LogP contribution in [0.1, 0.15) is 16.2 Å². The molecule has 20 heavy (non-hydrogen) atoms. The van der Waals surface area contributed by atoms with Crippen LogP contribution in [-0.4, -0.2) is 30.9 Å². The summed E-state index contributed by atoms with van der Waals surface area (Å²) in [5, 5.41) is 14.6. The van der Waals surface area contributed by atoms with E-state index in [-0.39, 0.29) is 29.0 Å². The van der Waals surface area contributed by atoms with Crippen LogP contribution < -0.4 is 9.74 Å². The Bertz CT molecular complexity index is 709. The molecule has 0 atom stereocenters. The molecule has 0 fully saturated rings. The van der Waals surface area contributed by atoms with Crippen molar-refractivity contribution in [2.75, 3.05) is 20.3 Å². The molecule has 1 aromatic carbocycles. The number of benzene rings is 1. The summed E-state index contributed by atoms with van der Waals surface area (Å²) in [4.78, 5) is 24.3. The SMILES string of the molecule is COCCNC(=O)c1c(C)n([O-])c2ccccc2[n+]1=O. The summed E-state index contributed by atoms with van der Waals surface area (Å²) >= 11 is 0. The van der Waals surface area contributed by atoms with Crippen molar-refractivity contribution < 1.29 is 14.0 Å². The van der Waals surface area contributed by atoms with Gasteiger partial charge in [-0.05, 0) is 13.0 Å². The summed E-state index contributed by atoms with van der Waals surface area (Å²) in [6.07, 6.45) is 0. The van der Waals surface area contributed by atoms with Crippen LogP contribution in [0.4, 0.5) is 0 Å². The number of fused-ring (bicyclic) bond motifs is 1. The molecule has 106 valence electrons. The maximum absolute atomic E-state index is 12.2. The number of para-hydroxylation sites is 2. The number of methoxy groups -OCH3 is 1. The first-order chi connectivity index (χ1) is 9.57. The van der Waals surface area contributed by atoms with E-state index in [0.29, 0.717) is 15.8 Å². The van der Waals surface area contributed by atoms with Crippen molar-refractivity contribution in [3.8, 4) is 0 Å². The molecular formula is C13H15N3O4. The Hall–Kier alpha value is -2.41. The van der Waals surface area contributed by atoms with Crippen LogP contribution in [0.25, 0.3) is 11.0 Å². The van der Waals surface area contributed by atoms with Gasteiger partial charge in [0.2, 0.25) is 0 Å². The molecule has 0 saturated heterocycles. The number of nitrogens with zero attached hydrogens (tertiary/aromatic N) is 2. The number of aromatic nitrogens is 2. The monoisotopic (exact) mass is 277 g/mol. The van der Waals surface area contributed by atoms with E-state index in [4.69, 9.17) is 4.74 Å². The van der Waals surface area contributed by atoms with E-state index >= 15 is 0 Å². The second kappa shape index (κ2) is 5.70. The number of ether oxygens (including phenoxy) is 1. The maximum Gasteiger partial charge on any atom is 0.346 e. The third kappa shape index (κ3) is 2.35. The molecule has 2 rings (SSSR count). The Labute approximate surface area is 115 Å². The smallest absolute Gasteiger partial charge is 0.346 e. The number of hydrogen-bond donors (Lipinski definition) is 1. The number of rotatable bonds is 4. The highest BCUT2D eigenvalue weighted by molar-refractivity contribution is 5.93. The lowest BCUT2D eigenvalue weighted by Crippen LogP contribution is -2.38. The Morgan fingerprint density at radius 2 is 2.15 bits per heavy atom. The molecule has 0 unspecified atom stereocenters. The van der Waals surface area contributed by atoms with Crippen molar-refractivity contribution in [1.82, 2.24) is 10.0 Å². The topological polar surface area (TPSA) is 89.3 Å². The van der Waals surface area contributed by atoms with Crippen LogP contribution in [0.3, 0.4) is 0 Å². The van der Waals surface area contributed by atoms with Gasteiger partial charge in [-0.2, -0.15) is 0 Å². The van der Waals surface area contributed by atoms with Crippen molar-refractivity contribution in [1.29, 1.82) is 0 Å². The van der Waals surface area contributed by atoms with Crippen LogP contribution in [0, 0.1) is 17.0 Å². The molecule has 0 spiro atoms. The molecule has 2 aromatic rings. The van der Waals surface area contributed by atoms with Crippen LogP contribution in [-0.2, 0) is 4.74 Å². The minimum atomic E-state index is -0.593. The third-order valence-electron chi connectivity index (χ3n) is 2.98. The lowest BCUT2D eigenvalue weighted by molar-refractivity contribution is -0.468. The van der Waals surface area contributed by atoms with Crippen molar-refractivity contribution in [3.05, 3.63) is 45.8 Å². The summed E-state index contributed by atoms with van der Waals surface area (Å²) in [7, 11) is 1.51. The number of amides is 1. The molecule has 0 radical (unpaired) electrons. The van der Waals surface area contributed by atoms with E-state index in [1.165, 1.54) is 26.2 Å². The second-order valence-electron chi connectivity index (χ2n) is 4.26. The predicted molar refractivity (Wildman–Crippen MR) is 73.0 cm³/mol. The van der Waals surface area contributed by atoms with Gasteiger partial charge in [-0.3, -0.25) is 4.79 Å². The van der Waals surface area contributed by atoms with Gasteiger partial charge in [0, 0.05) is 24.6 Å². The number of carbonyl (C=O) groups is 1. The maximum atomic E-state index is 12.2. The first-order valence-corrected chi connectivity index (χ1v) is 6.09. The van der Waals surface area contributed by atoms with Gasteiger partial charge < -0.3 is 20.0 Å². The molecule has 0 aliphatic heterocycles. The fourth-order valence-corrected chi connectivity index (χ4v) is 1.96. The molecule has 1 aromatic heterocycles. The van der Waals surface area contributed by atoms with Crippen LogP contribution >= 0.6 is 0 Å². The van der Waals surface area contributed by atoms with Gasteiger partial charge in [0.1, 0.15) is 5.52 Å². The molecule has 0 saturated carbocycles. The van der Waals surface area contributed by atoms with Gasteiger partial charge in [-0.15, -0.1) is 0 Å². The fraction of sp³-hybridized carbons (Fsp3) is 0.308.